The Hall–Kier alpha value is -3.79. The number of anilines is 1. The highest BCUT2D eigenvalue weighted by atomic mass is 32.1. The molecule has 0 unspecified atom stereocenters. The number of benzene rings is 1. The van der Waals surface area contributed by atoms with Crippen molar-refractivity contribution in [1.82, 2.24) is 29.7 Å². The smallest absolute Gasteiger partial charge is 0.254 e. The Morgan fingerprint density at radius 3 is 2.89 bits per heavy atom. The first-order chi connectivity index (χ1) is 13.1. The Kier molecular flexibility index (Phi) is 3.21. The van der Waals surface area contributed by atoms with Crippen molar-refractivity contribution in [3.05, 3.63) is 47.7 Å². The van der Waals surface area contributed by atoms with E-state index in [1.165, 1.54) is 11.3 Å². The van der Waals surface area contributed by atoms with E-state index in [0.717, 1.165) is 16.6 Å². The number of amides is 1. The first-order valence-corrected chi connectivity index (χ1v) is 8.82. The maximum Gasteiger partial charge on any atom is 0.254 e. The molecule has 132 valence electrons. The normalized spacial score (nSPS) is 11.4. The van der Waals surface area contributed by atoms with Gasteiger partial charge in [0, 0.05) is 17.0 Å². The Morgan fingerprint density at radius 2 is 2.11 bits per heavy atom. The Balaban J connectivity index is 1.87. The number of fused-ring (bicyclic) bond motifs is 2. The van der Waals surface area contributed by atoms with E-state index in [-0.39, 0.29) is 11.4 Å². The van der Waals surface area contributed by atoms with Gasteiger partial charge in [0.15, 0.2) is 5.65 Å². The van der Waals surface area contributed by atoms with E-state index in [0.29, 0.717) is 21.9 Å². The molecule has 1 amide bonds. The van der Waals surface area contributed by atoms with Crippen LogP contribution in [-0.4, -0.2) is 35.6 Å². The second-order valence-electron chi connectivity index (χ2n) is 5.83. The van der Waals surface area contributed by atoms with Crippen molar-refractivity contribution in [2.45, 2.75) is 0 Å². The number of nitrogens with two attached hydrogens (primary N) is 2. The minimum absolute atomic E-state index is 0.136. The van der Waals surface area contributed by atoms with E-state index in [4.69, 9.17) is 11.5 Å². The van der Waals surface area contributed by atoms with Crippen LogP contribution < -0.4 is 11.5 Å². The van der Waals surface area contributed by atoms with Crippen LogP contribution in [0.4, 0.5) is 5.82 Å². The molecule has 0 saturated carbocycles. The fourth-order valence-corrected chi connectivity index (χ4v) is 3.74. The lowest BCUT2D eigenvalue weighted by Gasteiger charge is -2.08. The van der Waals surface area contributed by atoms with Crippen LogP contribution in [0.1, 0.15) is 10.4 Å². The van der Waals surface area contributed by atoms with Gasteiger partial charge in [-0.25, -0.2) is 15.0 Å². The number of primary amides is 1. The summed E-state index contributed by atoms with van der Waals surface area (Å²) >= 11 is 1.43. The van der Waals surface area contributed by atoms with Crippen molar-refractivity contribution < 1.29 is 4.79 Å². The molecule has 10 heteroatoms. The van der Waals surface area contributed by atoms with E-state index < -0.39 is 5.91 Å². The van der Waals surface area contributed by atoms with Crippen LogP contribution in [0.15, 0.2) is 42.2 Å². The van der Waals surface area contributed by atoms with Gasteiger partial charge in [0.25, 0.3) is 5.91 Å². The lowest BCUT2D eigenvalue weighted by Crippen LogP contribution is -2.14. The Labute approximate surface area is 155 Å². The fourth-order valence-electron chi connectivity index (χ4n) is 3.15. The van der Waals surface area contributed by atoms with Crippen LogP contribution in [0.3, 0.4) is 0 Å². The molecule has 0 fully saturated rings. The number of aromatic amines is 1. The topological polar surface area (TPSA) is 141 Å². The predicted molar refractivity (Wildman–Crippen MR) is 103 cm³/mol. The molecule has 4 heterocycles. The second kappa shape index (κ2) is 5.61. The number of carbonyl (C=O) groups is 1. The Bertz CT molecular complexity index is 1320. The highest BCUT2D eigenvalue weighted by Gasteiger charge is 2.24. The molecule has 0 aliphatic carbocycles. The highest BCUT2D eigenvalue weighted by molar-refractivity contribution is 7.13. The van der Waals surface area contributed by atoms with Gasteiger partial charge >= 0.3 is 0 Å². The molecule has 9 nitrogen and oxygen atoms in total. The standard InChI is InChI=1S/C17H12N8OS/c18-14-12(15(19)26)13-16(21-7-10(23-13)17-20-4-5-27-17)25(14)11-3-1-2-9-8(11)6-22-24-9/h1-7H,18H2,(H2,19,26)(H,22,24). The van der Waals surface area contributed by atoms with E-state index in [1.807, 2.05) is 23.6 Å². The number of nitrogen functional groups attached to an aromatic ring is 1. The minimum Gasteiger partial charge on any atom is -0.384 e. The number of thiazole rings is 1. The molecule has 0 atom stereocenters. The quantitative estimate of drug-likeness (QED) is 0.440. The summed E-state index contributed by atoms with van der Waals surface area (Å²) in [7, 11) is 0. The molecule has 0 saturated heterocycles. The number of hydrogen-bond donors (Lipinski definition) is 3. The van der Waals surface area contributed by atoms with Crippen LogP contribution in [0, 0.1) is 0 Å². The van der Waals surface area contributed by atoms with Gasteiger partial charge in [0.2, 0.25) is 0 Å². The summed E-state index contributed by atoms with van der Waals surface area (Å²) in [6, 6.07) is 5.63. The zero-order chi connectivity index (χ0) is 18.5. The first kappa shape index (κ1) is 15.5. The summed E-state index contributed by atoms with van der Waals surface area (Å²) in [5.41, 5.74) is 15.0. The van der Waals surface area contributed by atoms with Crippen LogP contribution >= 0.6 is 11.3 Å². The summed E-state index contributed by atoms with van der Waals surface area (Å²) in [6.07, 6.45) is 4.98. The number of rotatable bonds is 3. The molecule has 1 aromatic carbocycles. The molecule has 0 bridgehead atoms. The fraction of sp³-hybridized carbons (Fsp3) is 0. The van der Waals surface area contributed by atoms with Gasteiger partial charge in [-0.1, -0.05) is 6.07 Å². The number of carbonyl (C=O) groups excluding carboxylic acids is 1. The summed E-state index contributed by atoms with van der Waals surface area (Å²) in [4.78, 5) is 25.5. The molecule has 5 N–H and O–H groups in total. The highest BCUT2D eigenvalue weighted by Crippen LogP contribution is 2.33. The van der Waals surface area contributed by atoms with Gasteiger partial charge in [-0.05, 0) is 12.1 Å². The number of hydrogen-bond acceptors (Lipinski definition) is 7. The lowest BCUT2D eigenvalue weighted by atomic mass is 10.2. The van der Waals surface area contributed by atoms with Crippen LogP contribution in [0.5, 0.6) is 0 Å². The summed E-state index contributed by atoms with van der Waals surface area (Å²) in [5.74, 6) is -0.483. The molecular weight excluding hydrogens is 364 g/mol. The molecule has 5 rings (SSSR count). The van der Waals surface area contributed by atoms with Crippen molar-refractivity contribution in [3.63, 3.8) is 0 Å². The molecule has 4 aromatic heterocycles. The molecule has 5 aromatic rings. The van der Waals surface area contributed by atoms with Crippen molar-refractivity contribution in [3.8, 4) is 16.4 Å². The summed E-state index contributed by atoms with van der Waals surface area (Å²) in [5, 5.41) is 10.4. The van der Waals surface area contributed by atoms with Crippen molar-refractivity contribution in [2.75, 3.05) is 5.73 Å². The van der Waals surface area contributed by atoms with Gasteiger partial charge in [0.1, 0.15) is 27.6 Å². The maximum atomic E-state index is 12.1. The second-order valence-corrected chi connectivity index (χ2v) is 6.73. The average Bonchev–Trinajstić information content (AvgIpc) is 3.39. The number of nitrogens with zero attached hydrogens (tertiary/aromatic N) is 5. The maximum absolute atomic E-state index is 12.1. The zero-order valence-electron chi connectivity index (χ0n) is 13.7. The monoisotopic (exact) mass is 376 g/mol. The number of aromatic nitrogens is 6. The molecule has 0 aliphatic rings. The SMILES string of the molecule is NC(=O)c1c(N)n(-c2cccc3[nH]ncc23)c2ncc(-c3nccs3)nc12. The van der Waals surface area contributed by atoms with E-state index in [2.05, 4.69) is 25.1 Å². The molecule has 0 radical (unpaired) electrons. The molecule has 27 heavy (non-hydrogen) atoms. The minimum atomic E-state index is -0.666. The molecule has 0 aliphatic heterocycles. The largest absolute Gasteiger partial charge is 0.384 e. The van der Waals surface area contributed by atoms with Crippen molar-refractivity contribution in [2.24, 2.45) is 5.73 Å². The van der Waals surface area contributed by atoms with Crippen molar-refractivity contribution >= 4 is 45.1 Å². The zero-order valence-corrected chi connectivity index (χ0v) is 14.6. The lowest BCUT2D eigenvalue weighted by molar-refractivity contribution is 0.100. The predicted octanol–water partition coefficient (Wildman–Crippen LogP) is 2.10. The van der Waals surface area contributed by atoms with E-state index in [9.17, 15) is 4.79 Å². The molecule has 0 spiro atoms. The van der Waals surface area contributed by atoms with Gasteiger partial charge in [-0.15, -0.1) is 11.3 Å². The van der Waals surface area contributed by atoms with Crippen LogP contribution in [0.25, 0.3) is 38.5 Å². The third-order valence-corrected chi connectivity index (χ3v) is 5.09. The first-order valence-electron chi connectivity index (χ1n) is 7.94. The third-order valence-electron chi connectivity index (χ3n) is 4.30. The summed E-state index contributed by atoms with van der Waals surface area (Å²) < 4.78 is 1.67. The van der Waals surface area contributed by atoms with Gasteiger partial charge in [-0.3, -0.25) is 14.5 Å². The van der Waals surface area contributed by atoms with Crippen LogP contribution in [-0.2, 0) is 0 Å². The van der Waals surface area contributed by atoms with Gasteiger partial charge < -0.3 is 11.5 Å². The third kappa shape index (κ3) is 2.20. The van der Waals surface area contributed by atoms with Gasteiger partial charge in [0.05, 0.1) is 23.6 Å². The number of H-pyrrole nitrogens is 1. The summed E-state index contributed by atoms with van der Waals surface area (Å²) in [6.45, 7) is 0. The van der Waals surface area contributed by atoms with E-state index in [1.54, 1.807) is 23.2 Å². The van der Waals surface area contributed by atoms with Crippen molar-refractivity contribution in [1.29, 1.82) is 0 Å². The van der Waals surface area contributed by atoms with Gasteiger partial charge in [-0.2, -0.15) is 5.10 Å². The van der Waals surface area contributed by atoms with Crippen LogP contribution in [0.2, 0.25) is 0 Å². The number of nitrogens with one attached hydrogen (secondary N) is 1. The van der Waals surface area contributed by atoms with E-state index >= 15 is 0 Å². The molecular formula is C17H12N8OS. The Morgan fingerprint density at radius 1 is 1.22 bits per heavy atom. The average molecular weight is 376 g/mol.